The van der Waals surface area contributed by atoms with Crippen molar-refractivity contribution in [2.75, 3.05) is 5.32 Å². The molecule has 2 heterocycles. The van der Waals surface area contributed by atoms with E-state index in [2.05, 4.69) is 21.9 Å². The Kier molecular flexibility index (Phi) is 2.53. The van der Waals surface area contributed by atoms with Gasteiger partial charge < -0.3 is 9.72 Å². The molecule has 0 aliphatic heterocycles. The van der Waals surface area contributed by atoms with Crippen LogP contribution in [0.5, 0.6) is 0 Å². The minimum atomic E-state index is -0.0666. The smallest absolute Gasteiger partial charge is 0.230 e. The van der Waals surface area contributed by atoms with Gasteiger partial charge in [-0.1, -0.05) is 6.07 Å². The van der Waals surface area contributed by atoms with Gasteiger partial charge in [0.2, 0.25) is 5.91 Å². The van der Waals surface area contributed by atoms with Gasteiger partial charge in [-0.05, 0) is 74.5 Å². The minimum absolute atomic E-state index is 0.0666. The Hall–Kier alpha value is -1.77. The number of pyridine rings is 1. The first-order valence-corrected chi connectivity index (χ1v) is 8.58. The number of hydrogen-bond acceptors (Lipinski definition) is 1. The Labute approximate surface area is 130 Å². The summed E-state index contributed by atoms with van der Waals surface area (Å²) in [6.45, 7) is 0. The average molecular weight is 294 g/mol. The van der Waals surface area contributed by atoms with Crippen LogP contribution in [-0.4, -0.2) is 10.3 Å². The molecule has 0 atom stereocenters. The van der Waals surface area contributed by atoms with E-state index >= 15 is 0 Å². The second kappa shape index (κ2) is 4.37. The second-order valence-electron chi connectivity index (χ2n) is 7.91. The topological polar surface area (TPSA) is 33.5 Å². The number of aromatic nitrogens is 1. The van der Waals surface area contributed by atoms with E-state index in [9.17, 15) is 4.79 Å². The van der Waals surface area contributed by atoms with E-state index in [1.807, 2.05) is 24.5 Å². The highest BCUT2D eigenvalue weighted by Crippen LogP contribution is 2.60. The number of amides is 1. The third-order valence-corrected chi connectivity index (χ3v) is 6.28. The van der Waals surface area contributed by atoms with E-state index in [0.29, 0.717) is 0 Å². The summed E-state index contributed by atoms with van der Waals surface area (Å²) in [5.41, 5.74) is 2.00. The van der Waals surface area contributed by atoms with E-state index in [1.54, 1.807) is 0 Å². The third kappa shape index (κ3) is 1.84. The molecule has 0 aromatic carbocycles. The fourth-order valence-corrected chi connectivity index (χ4v) is 5.78. The van der Waals surface area contributed by atoms with Crippen LogP contribution in [0.2, 0.25) is 0 Å². The molecule has 2 aromatic rings. The van der Waals surface area contributed by atoms with Gasteiger partial charge in [-0.15, -0.1) is 0 Å². The molecule has 1 amide bonds. The lowest BCUT2D eigenvalue weighted by atomic mass is 9.49. The van der Waals surface area contributed by atoms with Crippen LogP contribution in [0.1, 0.15) is 38.5 Å². The molecule has 0 spiro atoms. The lowest BCUT2D eigenvalue weighted by Crippen LogP contribution is -2.51. The monoisotopic (exact) mass is 294 g/mol. The van der Waals surface area contributed by atoms with E-state index in [0.717, 1.165) is 48.2 Å². The zero-order valence-corrected chi connectivity index (χ0v) is 12.8. The van der Waals surface area contributed by atoms with Crippen LogP contribution in [0, 0.1) is 23.2 Å². The van der Waals surface area contributed by atoms with Crippen molar-refractivity contribution in [3.63, 3.8) is 0 Å². The number of hydrogen-bond donors (Lipinski definition) is 1. The zero-order valence-electron chi connectivity index (χ0n) is 12.8. The molecule has 0 saturated heterocycles. The van der Waals surface area contributed by atoms with Crippen molar-refractivity contribution in [2.45, 2.75) is 38.5 Å². The van der Waals surface area contributed by atoms with Crippen molar-refractivity contribution in [1.82, 2.24) is 4.40 Å². The summed E-state index contributed by atoms with van der Waals surface area (Å²) in [6.07, 6.45) is 11.5. The molecule has 1 N–H and O–H groups in total. The predicted molar refractivity (Wildman–Crippen MR) is 86.6 cm³/mol. The van der Waals surface area contributed by atoms with Crippen LogP contribution in [0.4, 0.5) is 5.69 Å². The number of carbonyl (C=O) groups excluding carboxylic acids is 1. The number of carbonyl (C=O) groups is 1. The van der Waals surface area contributed by atoms with E-state index in [4.69, 9.17) is 0 Å². The molecule has 3 nitrogen and oxygen atoms in total. The number of nitrogens with one attached hydrogen (secondary N) is 1. The lowest BCUT2D eigenvalue weighted by Gasteiger charge is -2.55. The van der Waals surface area contributed by atoms with Gasteiger partial charge in [-0.2, -0.15) is 0 Å². The number of rotatable bonds is 2. The molecule has 4 aliphatic carbocycles. The van der Waals surface area contributed by atoms with Crippen molar-refractivity contribution >= 4 is 17.1 Å². The van der Waals surface area contributed by atoms with Crippen molar-refractivity contribution in [3.8, 4) is 0 Å². The standard InChI is InChI=1S/C19H22N2O/c22-18(20-16-8-17-3-1-2-4-21(17)12-16)19-9-13-5-14(10-19)7-15(6-13)11-19/h1-4,8,12-15H,5-7,9-11H2,(H,20,22). The molecule has 4 saturated carbocycles. The Morgan fingerprint density at radius 2 is 1.77 bits per heavy atom. The Bertz CT molecular complexity index is 676. The molecule has 22 heavy (non-hydrogen) atoms. The summed E-state index contributed by atoms with van der Waals surface area (Å²) in [6, 6.07) is 8.18. The summed E-state index contributed by atoms with van der Waals surface area (Å²) in [4.78, 5) is 13.0. The molecule has 6 rings (SSSR count). The summed E-state index contributed by atoms with van der Waals surface area (Å²) in [5, 5.41) is 3.23. The largest absolute Gasteiger partial charge is 0.324 e. The lowest BCUT2D eigenvalue weighted by molar-refractivity contribution is -0.140. The van der Waals surface area contributed by atoms with E-state index in [-0.39, 0.29) is 11.3 Å². The molecule has 114 valence electrons. The van der Waals surface area contributed by atoms with Gasteiger partial charge in [-0.25, -0.2) is 0 Å². The van der Waals surface area contributed by atoms with E-state index < -0.39 is 0 Å². The fourth-order valence-electron chi connectivity index (χ4n) is 5.78. The quantitative estimate of drug-likeness (QED) is 0.889. The second-order valence-corrected chi connectivity index (χ2v) is 7.91. The van der Waals surface area contributed by atoms with Gasteiger partial charge in [0.05, 0.1) is 11.1 Å². The average Bonchev–Trinajstić information content (AvgIpc) is 2.88. The van der Waals surface area contributed by atoms with Crippen LogP contribution in [0.3, 0.4) is 0 Å². The van der Waals surface area contributed by atoms with Crippen LogP contribution in [-0.2, 0) is 4.79 Å². The van der Waals surface area contributed by atoms with Crippen LogP contribution >= 0.6 is 0 Å². The maximum absolute atomic E-state index is 13.0. The maximum Gasteiger partial charge on any atom is 0.230 e. The molecule has 0 radical (unpaired) electrons. The van der Waals surface area contributed by atoms with Crippen LogP contribution < -0.4 is 5.32 Å². The molecular weight excluding hydrogens is 272 g/mol. The van der Waals surface area contributed by atoms with Crippen LogP contribution in [0.25, 0.3) is 5.52 Å². The maximum atomic E-state index is 13.0. The van der Waals surface area contributed by atoms with Gasteiger partial charge in [-0.3, -0.25) is 4.79 Å². The van der Waals surface area contributed by atoms with Gasteiger partial charge in [0, 0.05) is 17.9 Å². The summed E-state index contributed by atoms with van der Waals surface area (Å²) in [5.74, 6) is 2.71. The van der Waals surface area contributed by atoms with Gasteiger partial charge in [0.1, 0.15) is 0 Å². The third-order valence-electron chi connectivity index (χ3n) is 6.28. The summed E-state index contributed by atoms with van der Waals surface area (Å²) in [7, 11) is 0. The summed E-state index contributed by atoms with van der Waals surface area (Å²) >= 11 is 0. The normalized spacial score (nSPS) is 35.9. The minimum Gasteiger partial charge on any atom is -0.324 e. The molecular formula is C19H22N2O. The van der Waals surface area contributed by atoms with Crippen LogP contribution in [0.15, 0.2) is 36.7 Å². The highest BCUT2D eigenvalue weighted by atomic mass is 16.2. The Morgan fingerprint density at radius 1 is 1.09 bits per heavy atom. The van der Waals surface area contributed by atoms with E-state index in [1.165, 1.54) is 19.3 Å². The van der Waals surface area contributed by atoms with Crippen molar-refractivity contribution in [3.05, 3.63) is 36.7 Å². The van der Waals surface area contributed by atoms with Crippen molar-refractivity contribution in [1.29, 1.82) is 0 Å². The molecule has 4 aliphatic rings. The van der Waals surface area contributed by atoms with Gasteiger partial charge in [0.25, 0.3) is 0 Å². The Balaban J connectivity index is 1.42. The highest BCUT2D eigenvalue weighted by Gasteiger charge is 2.54. The van der Waals surface area contributed by atoms with Gasteiger partial charge in [0.15, 0.2) is 0 Å². The number of fused-ring (bicyclic) bond motifs is 1. The zero-order chi connectivity index (χ0) is 14.7. The van der Waals surface area contributed by atoms with Gasteiger partial charge >= 0.3 is 0 Å². The number of nitrogens with zero attached hydrogens (tertiary/aromatic N) is 1. The predicted octanol–water partition coefficient (Wildman–Crippen LogP) is 4.09. The summed E-state index contributed by atoms with van der Waals surface area (Å²) < 4.78 is 2.06. The number of anilines is 1. The first kappa shape index (κ1) is 12.7. The molecule has 0 unspecified atom stereocenters. The first-order valence-electron chi connectivity index (χ1n) is 8.58. The molecule has 4 bridgehead atoms. The fraction of sp³-hybridized carbons (Fsp3) is 0.526. The highest BCUT2D eigenvalue weighted by molar-refractivity contribution is 5.96. The van der Waals surface area contributed by atoms with Crippen molar-refractivity contribution in [2.24, 2.45) is 23.2 Å². The first-order chi connectivity index (χ1) is 10.7. The molecule has 3 heteroatoms. The molecule has 2 aromatic heterocycles. The molecule has 4 fully saturated rings. The SMILES string of the molecule is O=C(Nc1cc2ccccn2c1)C12CC3CC(CC(C3)C1)C2. The Morgan fingerprint density at radius 3 is 2.41 bits per heavy atom. The van der Waals surface area contributed by atoms with Crippen molar-refractivity contribution < 1.29 is 4.79 Å².